The van der Waals surface area contributed by atoms with E-state index in [2.05, 4.69) is 0 Å². The van der Waals surface area contributed by atoms with Crippen LogP contribution in [0.3, 0.4) is 0 Å². The lowest BCUT2D eigenvalue weighted by molar-refractivity contribution is -0.397. The van der Waals surface area contributed by atoms with Crippen LogP contribution in [0.4, 0.5) is 0 Å². The van der Waals surface area contributed by atoms with Gasteiger partial charge in [-0.2, -0.15) is 0 Å². The van der Waals surface area contributed by atoms with Gasteiger partial charge in [-0.3, -0.25) is 0 Å². The van der Waals surface area contributed by atoms with Crippen LogP contribution in [0.5, 0.6) is 0 Å². The number of aliphatic hydroxyl groups is 8. The Morgan fingerprint density at radius 2 is 1.65 bits per heavy atom. The first kappa shape index (κ1) is 18.9. The van der Waals surface area contributed by atoms with E-state index in [-0.39, 0.29) is 6.61 Å². The van der Waals surface area contributed by atoms with Crippen molar-refractivity contribution >= 4 is 0 Å². The molecule has 0 aromatic heterocycles. The second-order valence-corrected chi connectivity index (χ2v) is 5.58. The van der Waals surface area contributed by atoms with Crippen LogP contribution in [0.1, 0.15) is 0 Å². The minimum Gasteiger partial charge on any atom is -0.394 e. The molecule has 2 rings (SSSR count). The van der Waals surface area contributed by atoms with E-state index in [4.69, 9.17) is 14.2 Å². The minimum atomic E-state index is -2.64. The molecule has 0 radical (unpaired) electrons. The van der Waals surface area contributed by atoms with Crippen LogP contribution in [0.25, 0.3) is 0 Å². The fourth-order valence-electron chi connectivity index (χ4n) is 2.65. The number of hydrogen-bond acceptors (Lipinski definition) is 11. The van der Waals surface area contributed by atoms with Gasteiger partial charge in [0, 0.05) is 0 Å². The maximum Gasteiger partial charge on any atom is 0.224 e. The van der Waals surface area contributed by atoms with Crippen molar-refractivity contribution in [3.8, 4) is 0 Å². The molecule has 2 fully saturated rings. The molecule has 0 amide bonds. The van der Waals surface area contributed by atoms with E-state index >= 15 is 0 Å². The molecule has 2 heterocycles. The second-order valence-electron chi connectivity index (χ2n) is 5.58. The van der Waals surface area contributed by atoms with Crippen LogP contribution in [-0.4, -0.2) is 115 Å². The highest BCUT2D eigenvalue weighted by atomic mass is 16.7. The van der Waals surface area contributed by atoms with Gasteiger partial charge in [0.2, 0.25) is 5.79 Å². The summed E-state index contributed by atoms with van der Waals surface area (Å²) >= 11 is 0. The fourth-order valence-corrected chi connectivity index (χ4v) is 2.65. The summed E-state index contributed by atoms with van der Waals surface area (Å²) in [6.07, 6.45) is -13.2. The molecule has 23 heavy (non-hydrogen) atoms. The summed E-state index contributed by atoms with van der Waals surface area (Å²) in [4.78, 5) is 0. The van der Waals surface area contributed by atoms with E-state index in [1.165, 1.54) is 0 Å². The van der Waals surface area contributed by atoms with Crippen LogP contribution < -0.4 is 0 Å². The molecule has 0 unspecified atom stereocenters. The van der Waals surface area contributed by atoms with Gasteiger partial charge in [-0.05, 0) is 0 Å². The minimum absolute atomic E-state index is 0.369. The molecule has 2 saturated heterocycles. The largest absolute Gasteiger partial charge is 0.394 e. The summed E-state index contributed by atoms with van der Waals surface area (Å²) in [5.41, 5.74) is 0. The molecule has 0 aromatic rings. The zero-order chi connectivity index (χ0) is 17.4. The average Bonchev–Trinajstić information content (AvgIpc) is 2.53. The summed E-state index contributed by atoms with van der Waals surface area (Å²) in [6.45, 7) is -1.89. The van der Waals surface area contributed by atoms with Crippen molar-refractivity contribution < 1.29 is 55.1 Å². The molecule has 9 atom stereocenters. The number of ether oxygens (including phenoxy) is 3. The topological polar surface area (TPSA) is 190 Å². The molecule has 0 aliphatic carbocycles. The third kappa shape index (κ3) is 3.36. The van der Waals surface area contributed by atoms with Crippen molar-refractivity contribution in [1.29, 1.82) is 0 Å². The van der Waals surface area contributed by atoms with Crippen molar-refractivity contribution in [2.24, 2.45) is 0 Å². The van der Waals surface area contributed by atoms with Gasteiger partial charge in [0.1, 0.15) is 42.7 Å². The summed E-state index contributed by atoms with van der Waals surface area (Å²) < 4.78 is 15.0. The maximum atomic E-state index is 10.5. The van der Waals surface area contributed by atoms with E-state index in [1.807, 2.05) is 0 Å². The molecule has 0 bridgehead atoms. The highest BCUT2D eigenvalue weighted by molar-refractivity contribution is 4.98. The molecular formula is C12H22O11. The summed E-state index contributed by atoms with van der Waals surface area (Å²) in [5, 5.41) is 77.6. The normalized spacial score (nSPS) is 51.7. The van der Waals surface area contributed by atoms with E-state index in [0.717, 1.165) is 0 Å². The predicted octanol–water partition coefficient (Wildman–Crippen LogP) is -5.40. The van der Waals surface area contributed by atoms with Crippen molar-refractivity contribution in [3.05, 3.63) is 0 Å². The van der Waals surface area contributed by atoms with Gasteiger partial charge in [0.15, 0.2) is 6.29 Å². The highest BCUT2D eigenvalue weighted by Crippen LogP contribution is 2.33. The Morgan fingerprint density at radius 3 is 2.22 bits per heavy atom. The Balaban J connectivity index is 2.25. The van der Waals surface area contributed by atoms with Gasteiger partial charge >= 0.3 is 0 Å². The first-order valence-electron chi connectivity index (χ1n) is 7.05. The van der Waals surface area contributed by atoms with Crippen LogP contribution in [0, 0.1) is 0 Å². The SMILES string of the molecule is OC[C@H]1O[C@H](O)[C@H](O)[C@@H](O)[C@@H]1O[C@]1(O)[C@H](O)[C@@H](O)CO[C@@H]1CO. The van der Waals surface area contributed by atoms with E-state index < -0.39 is 68.0 Å². The van der Waals surface area contributed by atoms with Crippen molar-refractivity contribution in [2.45, 2.75) is 54.8 Å². The van der Waals surface area contributed by atoms with Crippen molar-refractivity contribution in [2.75, 3.05) is 19.8 Å². The lowest BCUT2D eigenvalue weighted by Gasteiger charge is -2.49. The molecule has 0 saturated carbocycles. The first-order chi connectivity index (χ1) is 10.8. The quantitative estimate of drug-likeness (QED) is 0.228. The number of hydrogen-bond donors (Lipinski definition) is 8. The fraction of sp³-hybridized carbons (Fsp3) is 1.00. The zero-order valence-electron chi connectivity index (χ0n) is 12.0. The lowest BCUT2D eigenvalue weighted by Crippen LogP contribution is -2.70. The molecule has 2 aliphatic heterocycles. The summed E-state index contributed by atoms with van der Waals surface area (Å²) in [6, 6.07) is 0. The van der Waals surface area contributed by atoms with Crippen LogP contribution >= 0.6 is 0 Å². The molecule has 8 N–H and O–H groups in total. The standard InChI is InChI=1S/C12H22O11/c13-1-5-9(7(16)8(17)11(19)22-5)23-12(20)6(2-14)21-3-4(15)10(12)18/h4-11,13-20H,1-3H2/t4-,5+,6+,7+,8+,9+,10+,11-,12-/m0/s1. The Kier molecular flexibility index (Phi) is 5.92. The van der Waals surface area contributed by atoms with Gasteiger partial charge < -0.3 is 55.1 Å². The van der Waals surface area contributed by atoms with E-state index in [9.17, 15) is 40.9 Å². The maximum absolute atomic E-state index is 10.5. The molecular weight excluding hydrogens is 320 g/mol. The molecule has 0 spiro atoms. The van der Waals surface area contributed by atoms with Gasteiger partial charge in [-0.1, -0.05) is 0 Å². The van der Waals surface area contributed by atoms with E-state index in [0.29, 0.717) is 0 Å². The number of rotatable bonds is 4. The Bertz CT molecular complexity index is 389. The predicted molar refractivity (Wildman–Crippen MR) is 68.6 cm³/mol. The molecule has 11 nitrogen and oxygen atoms in total. The molecule has 11 heteroatoms. The molecule has 136 valence electrons. The average molecular weight is 342 g/mol. The smallest absolute Gasteiger partial charge is 0.224 e. The first-order valence-corrected chi connectivity index (χ1v) is 7.05. The summed E-state index contributed by atoms with van der Waals surface area (Å²) in [7, 11) is 0. The van der Waals surface area contributed by atoms with Crippen LogP contribution in [0.15, 0.2) is 0 Å². The summed E-state index contributed by atoms with van der Waals surface area (Å²) in [5.74, 6) is -2.64. The monoisotopic (exact) mass is 342 g/mol. The second kappa shape index (κ2) is 7.21. The van der Waals surface area contributed by atoms with Gasteiger partial charge in [-0.15, -0.1) is 0 Å². The third-order valence-electron chi connectivity index (χ3n) is 4.05. The molecule has 0 aromatic carbocycles. The van der Waals surface area contributed by atoms with Crippen molar-refractivity contribution in [3.63, 3.8) is 0 Å². The third-order valence-corrected chi connectivity index (χ3v) is 4.05. The van der Waals surface area contributed by atoms with Crippen LogP contribution in [-0.2, 0) is 14.2 Å². The zero-order valence-corrected chi connectivity index (χ0v) is 12.0. The van der Waals surface area contributed by atoms with E-state index in [1.54, 1.807) is 0 Å². The van der Waals surface area contributed by atoms with Gasteiger partial charge in [-0.25, -0.2) is 0 Å². The van der Waals surface area contributed by atoms with Gasteiger partial charge in [0.25, 0.3) is 0 Å². The Labute approximate surface area is 130 Å². The number of aliphatic hydroxyl groups excluding tert-OH is 7. The lowest BCUT2D eigenvalue weighted by atomic mass is 9.93. The Hall–Kier alpha value is -0.440. The highest BCUT2D eigenvalue weighted by Gasteiger charge is 2.56. The Morgan fingerprint density at radius 1 is 1.00 bits per heavy atom. The van der Waals surface area contributed by atoms with Gasteiger partial charge in [0.05, 0.1) is 19.8 Å². The van der Waals surface area contributed by atoms with Crippen LogP contribution in [0.2, 0.25) is 0 Å². The molecule has 2 aliphatic rings. The van der Waals surface area contributed by atoms with Crippen molar-refractivity contribution in [1.82, 2.24) is 0 Å².